The van der Waals surface area contributed by atoms with E-state index < -0.39 is 18.2 Å². The zero-order valence-electron chi connectivity index (χ0n) is 15.3. The Kier molecular flexibility index (Phi) is 8.07. The Labute approximate surface area is 172 Å². The quantitative estimate of drug-likeness (QED) is 0.464. The van der Waals surface area contributed by atoms with Crippen molar-refractivity contribution < 1.29 is 24.5 Å². The fourth-order valence-electron chi connectivity index (χ4n) is 2.72. The number of carboxylic acid groups (broad SMARTS) is 1. The highest BCUT2D eigenvalue weighted by atomic mass is 79.9. The monoisotopic (exact) mass is 447 g/mol. The number of carbonyl (C=O) groups excluding carboxylic acids is 1. The molecule has 0 saturated carbocycles. The van der Waals surface area contributed by atoms with Gasteiger partial charge in [0.05, 0.1) is 0 Å². The Hall–Kier alpha value is -2.80. The molecule has 3 N–H and O–H groups in total. The van der Waals surface area contributed by atoms with Gasteiger partial charge in [0.25, 0.3) is 0 Å². The van der Waals surface area contributed by atoms with Gasteiger partial charge in [-0.15, -0.1) is 0 Å². The summed E-state index contributed by atoms with van der Waals surface area (Å²) in [6.45, 7) is 1.88. The van der Waals surface area contributed by atoms with Crippen LogP contribution in [0.5, 0.6) is 5.75 Å². The zero-order chi connectivity index (χ0) is 20.5. The number of anilines is 1. The van der Waals surface area contributed by atoms with Crippen molar-refractivity contribution in [1.29, 1.82) is 0 Å². The summed E-state index contributed by atoms with van der Waals surface area (Å²) in [7, 11) is 0. The number of benzene rings is 2. The number of allylic oxidation sites excluding steroid dienone is 1. The van der Waals surface area contributed by atoms with Crippen LogP contribution in [0.4, 0.5) is 10.5 Å². The van der Waals surface area contributed by atoms with Gasteiger partial charge in [0, 0.05) is 21.8 Å². The number of aromatic hydroxyl groups is 1. The van der Waals surface area contributed by atoms with Crippen LogP contribution < -0.4 is 5.32 Å². The van der Waals surface area contributed by atoms with Crippen LogP contribution in [-0.2, 0) is 9.53 Å². The standard InChI is InChI=1S/C21H22BrNO5/c1-14(7-5-6-10-19(25)26)20(17-13-15(22)11-12-18(17)24)28-21(27)23-16-8-3-2-4-9-16/h2-4,6,8-14,20,24H,5,7H2,1H3,(H,23,27)(H,25,26)/b10-6+/t14-,20-/m1/s1. The van der Waals surface area contributed by atoms with E-state index in [1.807, 2.05) is 13.0 Å². The summed E-state index contributed by atoms with van der Waals surface area (Å²) in [5, 5.41) is 21.6. The molecule has 2 aromatic rings. The second-order valence-corrected chi connectivity index (χ2v) is 7.23. The lowest BCUT2D eigenvalue weighted by Crippen LogP contribution is -2.22. The van der Waals surface area contributed by atoms with Crippen LogP contribution in [0.2, 0.25) is 0 Å². The third-order valence-electron chi connectivity index (χ3n) is 4.12. The van der Waals surface area contributed by atoms with Crippen molar-refractivity contribution >= 4 is 33.7 Å². The summed E-state index contributed by atoms with van der Waals surface area (Å²) in [5.41, 5.74) is 1.08. The van der Waals surface area contributed by atoms with Crippen molar-refractivity contribution in [2.75, 3.05) is 5.32 Å². The molecule has 2 aromatic carbocycles. The van der Waals surface area contributed by atoms with Gasteiger partial charge in [-0.05, 0) is 49.1 Å². The van der Waals surface area contributed by atoms with Crippen LogP contribution in [0.3, 0.4) is 0 Å². The molecule has 0 bridgehead atoms. The van der Waals surface area contributed by atoms with E-state index in [1.165, 1.54) is 6.07 Å². The first-order valence-corrected chi connectivity index (χ1v) is 9.56. The molecule has 1 amide bonds. The number of amides is 1. The number of nitrogens with one attached hydrogen (secondary N) is 1. The lowest BCUT2D eigenvalue weighted by atomic mass is 9.92. The van der Waals surface area contributed by atoms with Gasteiger partial charge < -0.3 is 14.9 Å². The Morgan fingerprint density at radius 2 is 1.93 bits per heavy atom. The average molecular weight is 448 g/mol. The number of para-hydroxylation sites is 1. The van der Waals surface area contributed by atoms with Crippen molar-refractivity contribution in [2.45, 2.75) is 25.9 Å². The van der Waals surface area contributed by atoms with E-state index in [0.717, 1.165) is 10.5 Å². The third kappa shape index (κ3) is 6.74. The molecule has 0 radical (unpaired) electrons. The van der Waals surface area contributed by atoms with Gasteiger partial charge in [-0.2, -0.15) is 0 Å². The van der Waals surface area contributed by atoms with Gasteiger partial charge in [-0.1, -0.05) is 47.1 Å². The number of hydrogen-bond acceptors (Lipinski definition) is 4. The van der Waals surface area contributed by atoms with Gasteiger partial charge in [-0.25, -0.2) is 9.59 Å². The molecule has 0 aliphatic heterocycles. The average Bonchev–Trinajstić information content (AvgIpc) is 2.66. The van der Waals surface area contributed by atoms with E-state index >= 15 is 0 Å². The molecule has 0 spiro atoms. The largest absolute Gasteiger partial charge is 0.508 e. The Bertz CT molecular complexity index is 838. The van der Waals surface area contributed by atoms with Gasteiger partial charge in [-0.3, -0.25) is 5.32 Å². The Balaban J connectivity index is 2.16. The van der Waals surface area contributed by atoms with Crippen LogP contribution in [0.1, 0.15) is 31.4 Å². The SMILES string of the molecule is C[C@H](CC/C=C/C(=O)O)[C@@H](OC(=O)Nc1ccccc1)c1cc(Br)ccc1O. The number of ether oxygens (including phenoxy) is 1. The van der Waals surface area contributed by atoms with Gasteiger partial charge in [0.15, 0.2) is 0 Å². The molecular weight excluding hydrogens is 426 g/mol. The highest BCUT2D eigenvalue weighted by Gasteiger charge is 2.26. The van der Waals surface area contributed by atoms with Crippen LogP contribution in [-0.4, -0.2) is 22.3 Å². The normalized spacial score (nSPS) is 13.1. The number of phenols is 1. The van der Waals surface area contributed by atoms with Crippen molar-refractivity contribution in [1.82, 2.24) is 0 Å². The smallest absolute Gasteiger partial charge is 0.412 e. The number of carbonyl (C=O) groups is 2. The molecule has 0 aromatic heterocycles. The summed E-state index contributed by atoms with van der Waals surface area (Å²) in [4.78, 5) is 23.0. The number of halogens is 1. The molecule has 28 heavy (non-hydrogen) atoms. The predicted octanol–water partition coefficient (Wildman–Crippen LogP) is 5.50. The minimum atomic E-state index is -1.01. The molecule has 0 aliphatic carbocycles. The minimum Gasteiger partial charge on any atom is -0.508 e. The molecule has 0 fully saturated rings. The number of rotatable bonds is 8. The van der Waals surface area contributed by atoms with E-state index in [-0.39, 0.29) is 11.7 Å². The maximum Gasteiger partial charge on any atom is 0.412 e. The fraction of sp³-hybridized carbons (Fsp3) is 0.238. The second kappa shape index (κ2) is 10.5. The van der Waals surface area contributed by atoms with Gasteiger partial charge in [0.1, 0.15) is 11.9 Å². The molecule has 0 aliphatic rings. The predicted molar refractivity (Wildman–Crippen MR) is 110 cm³/mol. The summed E-state index contributed by atoms with van der Waals surface area (Å²) in [6.07, 6.45) is 2.37. The minimum absolute atomic E-state index is 0.0219. The molecule has 2 atom stereocenters. The zero-order valence-corrected chi connectivity index (χ0v) is 16.9. The second-order valence-electron chi connectivity index (χ2n) is 6.32. The highest BCUT2D eigenvalue weighted by molar-refractivity contribution is 9.10. The first-order chi connectivity index (χ1) is 13.4. The van der Waals surface area contributed by atoms with Gasteiger partial charge in [0.2, 0.25) is 0 Å². The van der Waals surface area contributed by atoms with Crippen LogP contribution in [0.25, 0.3) is 0 Å². The molecular formula is C21H22BrNO5. The van der Waals surface area contributed by atoms with E-state index in [1.54, 1.807) is 42.5 Å². The van der Waals surface area contributed by atoms with Crippen molar-refractivity contribution in [3.63, 3.8) is 0 Å². The topological polar surface area (TPSA) is 95.9 Å². The summed E-state index contributed by atoms with van der Waals surface area (Å²) < 4.78 is 6.39. The Morgan fingerprint density at radius 3 is 2.61 bits per heavy atom. The van der Waals surface area contributed by atoms with Crippen molar-refractivity contribution in [2.24, 2.45) is 5.92 Å². The molecule has 0 heterocycles. The maximum absolute atomic E-state index is 12.4. The number of phenolic OH excluding ortho intramolecular Hbond substituents is 1. The van der Waals surface area contributed by atoms with E-state index in [4.69, 9.17) is 9.84 Å². The van der Waals surface area contributed by atoms with Crippen molar-refractivity contribution in [3.05, 3.63) is 70.7 Å². The van der Waals surface area contributed by atoms with Gasteiger partial charge >= 0.3 is 12.1 Å². The highest BCUT2D eigenvalue weighted by Crippen LogP contribution is 2.36. The van der Waals surface area contributed by atoms with E-state index in [0.29, 0.717) is 24.1 Å². The lowest BCUT2D eigenvalue weighted by molar-refractivity contribution is -0.131. The number of hydrogen-bond donors (Lipinski definition) is 3. The van der Waals surface area contributed by atoms with E-state index in [2.05, 4.69) is 21.2 Å². The summed E-state index contributed by atoms with van der Waals surface area (Å²) in [5.74, 6) is -1.15. The number of carboxylic acids is 1. The molecule has 0 unspecified atom stereocenters. The number of aliphatic carboxylic acids is 1. The van der Waals surface area contributed by atoms with Crippen LogP contribution >= 0.6 is 15.9 Å². The summed E-state index contributed by atoms with van der Waals surface area (Å²) >= 11 is 3.37. The third-order valence-corrected chi connectivity index (χ3v) is 4.61. The van der Waals surface area contributed by atoms with E-state index in [9.17, 15) is 14.7 Å². The lowest BCUT2D eigenvalue weighted by Gasteiger charge is -2.25. The van der Waals surface area contributed by atoms with Crippen molar-refractivity contribution in [3.8, 4) is 5.75 Å². The molecule has 2 rings (SSSR count). The molecule has 148 valence electrons. The first kappa shape index (κ1) is 21.5. The Morgan fingerprint density at radius 1 is 1.21 bits per heavy atom. The maximum atomic E-state index is 12.4. The van der Waals surface area contributed by atoms with Crippen LogP contribution in [0.15, 0.2) is 65.2 Å². The first-order valence-electron chi connectivity index (χ1n) is 8.77. The fourth-order valence-corrected chi connectivity index (χ4v) is 3.10. The molecule has 7 heteroatoms. The summed E-state index contributed by atoms with van der Waals surface area (Å²) in [6, 6.07) is 13.8. The van der Waals surface area contributed by atoms with Crippen LogP contribution in [0, 0.1) is 5.92 Å². The molecule has 6 nitrogen and oxygen atoms in total. The molecule has 0 saturated heterocycles.